The monoisotopic (exact) mass is 221 g/mol. The molecule has 1 rings (SSSR count). The molecular formula is C14H23NO. The molecule has 0 saturated carbocycles. The van der Waals surface area contributed by atoms with Crippen LogP contribution in [0.5, 0.6) is 0 Å². The molecule has 90 valence electrons. The summed E-state index contributed by atoms with van der Waals surface area (Å²) >= 11 is 0. The van der Waals surface area contributed by atoms with Gasteiger partial charge in [-0.2, -0.15) is 5.90 Å². The van der Waals surface area contributed by atoms with Crippen LogP contribution < -0.4 is 5.90 Å². The molecule has 2 nitrogen and oxygen atoms in total. The van der Waals surface area contributed by atoms with Crippen molar-refractivity contribution in [1.29, 1.82) is 0 Å². The number of hydrogen-bond donors (Lipinski definition) is 1. The van der Waals surface area contributed by atoms with E-state index in [-0.39, 0.29) is 0 Å². The lowest BCUT2D eigenvalue weighted by Gasteiger charge is -2.08. The van der Waals surface area contributed by atoms with Crippen LogP contribution in [-0.2, 0) is 4.84 Å². The summed E-state index contributed by atoms with van der Waals surface area (Å²) in [6, 6.07) is 8.47. The molecule has 2 heteroatoms. The predicted molar refractivity (Wildman–Crippen MR) is 70.0 cm³/mol. The van der Waals surface area contributed by atoms with Crippen molar-refractivity contribution in [3.05, 3.63) is 47.2 Å². The molecular weight excluding hydrogens is 198 g/mol. The summed E-state index contributed by atoms with van der Waals surface area (Å²) in [4.78, 5) is 4.63. The van der Waals surface area contributed by atoms with Crippen LogP contribution in [0.25, 0.3) is 0 Å². The Bertz CT molecular complexity index is 314. The quantitative estimate of drug-likeness (QED) is 0.620. The van der Waals surface area contributed by atoms with Crippen LogP contribution >= 0.6 is 0 Å². The van der Waals surface area contributed by atoms with Crippen LogP contribution in [0.2, 0.25) is 0 Å². The Morgan fingerprint density at radius 1 is 1.25 bits per heavy atom. The third-order valence-corrected chi connectivity index (χ3v) is 2.27. The minimum atomic E-state index is 0.333. The van der Waals surface area contributed by atoms with Gasteiger partial charge in [0.2, 0.25) is 0 Å². The van der Waals surface area contributed by atoms with Crippen LogP contribution in [0, 0.1) is 6.92 Å². The van der Waals surface area contributed by atoms with Gasteiger partial charge in [-0.1, -0.05) is 50.6 Å². The van der Waals surface area contributed by atoms with Crippen molar-refractivity contribution in [2.45, 2.75) is 40.5 Å². The Kier molecular flexibility index (Phi) is 7.31. The van der Waals surface area contributed by atoms with Gasteiger partial charge >= 0.3 is 0 Å². The predicted octanol–water partition coefficient (Wildman–Crippen LogP) is 3.92. The van der Waals surface area contributed by atoms with E-state index in [9.17, 15) is 0 Å². The van der Waals surface area contributed by atoms with Gasteiger partial charge < -0.3 is 4.84 Å². The maximum Gasteiger partial charge on any atom is 0.117 e. The summed E-state index contributed by atoms with van der Waals surface area (Å²) in [6.07, 6.45) is 2.00. The second-order valence-electron chi connectivity index (χ2n) is 3.59. The maximum absolute atomic E-state index is 5.05. The van der Waals surface area contributed by atoms with Crippen molar-refractivity contribution in [3.8, 4) is 0 Å². The van der Waals surface area contributed by atoms with Crippen molar-refractivity contribution in [2.75, 3.05) is 0 Å². The number of nitrogens with two attached hydrogens (primary N) is 1. The summed E-state index contributed by atoms with van der Waals surface area (Å²) < 4.78 is 0. The van der Waals surface area contributed by atoms with Crippen LogP contribution in [0.15, 0.2) is 36.1 Å². The Morgan fingerprint density at radius 2 is 1.75 bits per heavy atom. The summed E-state index contributed by atoms with van der Waals surface area (Å²) in [5.74, 6) is 6.13. The Morgan fingerprint density at radius 3 is 2.19 bits per heavy atom. The normalized spacial score (nSPS) is 12.5. The van der Waals surface area contributed by atoms with E-state index in [1.807, 2.05) is 26.8 Å². The summed E-state index contributed by atoms with van der Waals surface area (Å²) in [5.41, 5.74) is 2.55. The van der Waals surface area contributed by atoms with Gasteiger partial charge in [0.1, 0.15) is 5.76 Å². The smallest absolute Gasteiger partial charge is 0.117 e. The van der Waals surface area contributed by atoms with E-state index in [4.69, 9.17) is 5.90 Å². The second kappa shape index (κ2) is 7.94. The van der Waals surface area contributed by atoms with Crippen molar-refractivity contribution in [2.24, 2.45) is 5.90 Å². The van der Waals surface area contributed by atoms with E-state index in [1.165, 1.54) is 11.1 Å². The number of rotatable bonds is 3. The van der Waals surface area contributed by atoms with E-state index < -0.39 is 0 Å². The lowest BCUT2D eigenvalue weighted by atomic mass is 9.99. The van der Waals surface area contributed by atoms with Crippen LogP contribution in [0.3, 0.4) is 0 Å². The lowest BCUT2D eigenvalue weighted by molar-refractivity contribution is 0.221. The standard InChI is InChI=1S/C12H17NO.C2H6/c1-9-4-6-12(7-5-9)10(2)8-11(3)14-13;1-2/h4-8,10H,13H2,1-3H3;1-2H3/b11-8-;. The highest BCUT2D eigenvalue weighted by molar-refractivity contribution is 5.27. The molecule has 0 saturated heterocycles. The van der Waals surface area contributed by atoms with Crippen LogP contribution in [0.4, 0.5) is 0 Å². The lowest BCUT2D eigenvalue weighted by Crippen LogP contribution is -1.98. The van der Waals surface area contributed by atoms with Gasteiger partial charge in [-0.3, -0.25) is 0 Å². The van der Waals surface area contributed by atoms with Crippen molar-refractivity contribution in [1.82, 2.24) is 0 Å². The van der Waals surface area contributed by atoms with Crippen LogP contribution in [0.1, 0.15) is 44.7 Å². The first kappa shape index (κ1) is 14.7. The first-order valence-electron chi connectivity index (χ1n) is 5.75. The van der Waals surface area contributed by atoms with E-state index in [1.54, 1.807) is 0 Å². The molecule has 0 amide bonds. The fourth-order valence-corrected chi connectivity index (χ4v) is 1.36. The molecule has 0 spiro atoms. The first-order valence-corrected chi connectivity index (χ1v) is 5.75. The molecule has 1 aromatic rings. The minimum absolute atomic E-state index is 0.333. The molecule has 0 aliphatic rings. The van der Waals surface area contributed by atoms with Crippen molar-refractivity contribution >= 4 is 0 Å². The van der Waals surface area contributed by atoms with Crippen molar-refractivity contribution < 1.29 is 4.84 Å². The van der Waals surface area contributed by atoms with Gasteiger partial charge in [0, 0.05) is 5.92 Å². The maximum atomic E-state index is 5.05. The third-order valence-electron chi connectivity index (χ3n) is 2.27. The molecule has 0 radical (unpaired) electrons. The number of allylic oxidation sites excluding steroid dienone is 2. The highest BCUT2D eigenvalue weighted by Crippen LogP contribution is 2.18. The highest BCUT2D eigenvalue weighted by atomic mass is 16.6. The number of aryl methyl sites for hydroxylation is 1. The molecule has 0 fully saturated rings. The van der Waals surface area contributed by atoms with Crippen LogP contribution in [-0.4, -0.2) is 0 Å². The Balaban J connectivity index is 0.00000106. The highest BCUT2D eigenvalue weighted by Gasteiger charge is 2.02. The van der Waals surface area contributed by atoms with Crippen molar-refractivity contribution in [3.63, 3.8) is 0 Å². The van der Waals surface area contributed by atoms with Gasteiger partial charge in [-0.15, -0.1) is 0 Å². The summed E-state index contributed by atoms with van der Waals surface area (Å²) in [5, 5.41) is 0. The Hall–Kier alpha value is -1.28. The van der Waals surface area contributed by atoms with E-state index in [0.717, 1.165) is 5.76 Å². The topological polar surface area (TPSA) is 35.2 Å². The molecule has 2 N–H and O–H groups in total. The molecule has 0 bridgehead atoms. The molecule has 0 heterocycles. The van der Waals surface area contributed by atoms with Gasteiger partial charge in [0.15, 0.2) is 0 Å². The fourth-order valence-electron chi connectivity index (χ4n) is 1.36. The minimum Gasteiger partial charge on any atom is -0.417 e. The average Bonchev–Trinajstić information content (AvgIpc) is 2.32. The molecule has 1 unspecified atom stereocenters. The zero-order valence-corrected chi connectivity index (χ0v) is 10.9. The number of hydrogen-bond acceptors (Lipinski definition) is 2. The summed E-state index contributed by atoms with van der Waals surface area (Å²) in [7, 11) is 0. The van der Waals surface area contributed by atoms with E-state index >= 15 is 0 Å². The van der Waals surface area contributed by atoms with E-state index in [2.05, 4.69) is 43.0 Å². The first-order chi connectivity index (χ1) is 7.63. The van der Waals surface area contributed by atoms with Gasteiger partial charge in [0.25, 0.3) is 0 Å². The average molecular weight is 221 g/mol. The van der Waals surface area contributed by atoms with Gasteiger partial charge in [0.05, 0.1) is 0 Å². The molecule has 1 aromatic carbocycles. The molecule has 0 aliphatic carbocycles. The largest absolute Gasteiger partial charge is 0.417 e. The van der Waals surface area contributed by atoms with Gasteiger partial charge in [-0.05, 0) is 25.5 Å². The number of benzene rings is 1. The molecule has 16 heavy (non-hydrogen) atoms. The second-order valence-corrected chi connectivity index (χ2v) is 3.59. The van der Waals surface area contributed by atoms with Gasteiger partial charge in [-0.25, -0.2) is 0 Å². The Labute approximate surface area is 99.1 Å². The van der Waals surface area contributed by atoms with E-state index in [0.29, 0.717) is 5.92 Å². The molecule has 0 aromatic heterocycles. The molecule has 1 atom stereocenters. The third kappa shape index (κ3) is 4.99. The zero-order valence-electron chi connectivity index (χ0n) is 10.9. The molecule has 0 aliphatic heterocycles. The summed E-state index contributed by atoms with van der Waals surface area (Å²) in [6.45, 7) is 10.1. The zero-order chi connectivity index (χ0) is 12.6. The SMILES string of the molecule is C/C(=C/C(C)c1ccc(C)cc1)ON.CC. The fraction of sp³-hybridized carbons (Fsp3) is 0.429.